The molecule has 4 saturated heterocycles. The number of carbonyl (C=O) groups excluding carboxylic acids is 1. The molecule has 4 heterocycles. The van der Waals surface area contributed by atoms with Gasteiger partial charge < -0.3 is 99.8 Å². The summed E-state index contributed by atoms with van der Waals surface area (Å²) >= 11 is 0. The topological polar surface area (TPSA) is 336 Å². The van der Waals surface area contributed by atoms with Crippen molar-refractivity contribution in [2.24, 2.45) is 0 Å². The summed E-state index contributed by atoms with van der Waals surface area (Å²) < 4.78 is 39.1. The molecule has 20 atom stereocenters. The number of hydrogen-bond donors (Lipinski definition) is 13. The summed E-state index contributed by atoms with van der Waals surface area (Å²) in [5.41, 5.74) is 0. The molecule has 21 nitrogen and oxygen atoms in total. The largest absolute Gasteiger partial charge is 0.394 e. The van der Waals surface area contributed by atoms with E-state index in [1.54, 1.807) is 0 Å². The van der Waals surface area contributed by atoms with Gasteiger partial charge in [0.25, 0.3) is 0 Å². The van der Waals surface area contributed by atoms with Crippen LogP contribution >= 0.6 is 0 Å². The Hall–Kier alpha value is -1.29. The van der Waals surface area contributed by atoms with Gasteiger partial charge >= 0.3 is 0 Å². The normalized spacial score (nSPS) is 51.0. The molecule has 0 aromatic carbocycles. The van der Waals surface area contributed by atoms with Gasteiger partial charge in [-0.1, -0.05) is 0 Å². The fraction of sp³-hybridized carbons (Fsp3) is 0.962. The van der Waals surface area contributed by atoms with E-state index in [9.17, 15) is 66.1 Å². The highest BCUT2D eigenvalue weighted by Crippen LogP contribution is 2.34. The fourth-order valence-electron chi connectivity index (χ4n) is 5.86. The molecule has 4 aliphatic heterocycles. The lowest BCUT2D eigenvalue weighted by Crippen LogP contribution is -2.70. The van der Waals surface area contributed by atoms with E-state index in [0.717, 1.165) is 6.92 Å². The molecule has 274 valence electrons. The van der Waals surface area contributed by atoms with Gasteiger partial charge in [0, 0.05) is 6.92 Å². The van der Waals surface area contributed by atoms with Crippen molar-refractivity contribution in [1.29, 1.82) is 0 Å². The smallest absolute Gasteiger partial charge is 0.217 e. The first-order chi connectivity index (χ1) is 22.1. The number of aliphatic hydroxyl groups is 12. The maximum atomic E-state index is 12.3. The third-order valence-electron chi connectivity index (χ3n) is 8.57. The number of nitrogens with one attached hydrogen (secondary N) is 1. The average Bonchev–Trinajstić information content (AvgIpc) is 3.03. The minimum absolute atomic E-state index is 0.752. The molecule has 0 bridgehead atoms. The maximum absolute atomic E-state index is 12.3. The van der Waals surface area contributed by atoms with Crippen LogP contribution in [0.25, 0.3) is 0 Å². The molecule has 0 aromatic rings. The predicted octanol–water partition coefficient (Wildman–Crippen LogP) is -8.58. The second kappa shape index (κ2) is 16.2. The fourth-order valence-corrected chi connectivity index (χ4v) is 5.86. The average molecular weight is 692 g/mol. The summed E-state index contributed by atoms with van der Waals surface area (Å²) in [4.78, 5) is 12.3. The third kappa shape index (κ3) is 8.04. The zero-order valence-electron chi connectivity index (χ0n) is 25.3. The van der Waals surface area contributed by atoms with Crippen molar-refractivity contribution in [1.82, 2.24) is 5.32 Å². The molecule has 13 N–H and O–H groups in total. The Kier molecular flexibility index (Phi) is 13.2. The Balaban J connectivity index is 1.66. The van der Waals surface area contributed by atoms with Crippen molar-refractivity contribution in [3.8, 4) is 0 Å². The Labute approximate surface area is 267 Å². The first-order valence-corrected chi connectivity index (χ1v) is 15.0. The number of rotatable bonds is 10. The summed E-state index contributed by atoms with van der Waals surface area (Å²) in [5.74, 6) is -0.752. The van der Waals surface area contributed by atoms with Gasteiger partial charge in [0.1, 0.15) is 91.5 Å². The minimum atomic E-state index is -1.94. The summed E-state index contributed by atoms with van der Waals surface area (Å²) in [5, 5.41) is 127. The molecule has 21 heteroatoms. The van der Waals surface area contributed by atoms with E-state index >= 15 is 0 Å². The van der Waals surface area contributed by atoms with Crippen LogP contribution in [0.15, 0.2) is 0 Å². The number of hydrogen-bond acceptors (Lipinski definition) is 20. The highest BCUT2D eigenvalue weighted by atomic mass is 16.8. The van der Waals surface area contributed by atoms with Gasteiger partial charge in [-0.15, -0.1) is 0 Å². The number of carbonyl (C=O) groups is 1. The standard InChI is InChI=1S/C26H45NO20/c1-6-12(32)16(36)18(38)25(41-6)47-22-17(37)13(33)8(3-28)44-26(22)45-20-11(27-7(2)31)24(43-10(5-30)14(20)34)46-21-15(35)9(4-29)42-23(40)19(21)39/h6,8-26,28-30,32-40H,3-5H2,1-2H3,(H,27,31)/t6-,8+,9+,10+,11+,12+,13-,14+,15-,16+,17-,18-,19+,20+,21-,22+,23?,24-,25-,26-/m0/s1. The van der Waals surface area contributed by atoms with E-state index in [2.05, 4.69) is 5.32 Å². The molecule has 1 amide bonds. The lowest BCUT2D eigenvalue weighted by molar-refractivity contribution is -0.385. The number of aliphatic hydroxyl groups excluding tert-OH is 12. The van der Waals surface area contributed by atoms with Gasteiger partial charge in [-0.2, -0.15) is 0 Å². The van der Waals surface area contributed by atoms with Crippen molar-refractivity contribution >= 4 is 5.91 Å². The van der Waals surface area contributed by atoms with Gasteiger partial charge in [0.15, 0.2) is 25.2 Å². The molecule has 1 unspecified atom stereocenters. The van der Waals surface area contributed by atoms with E-state index in [1.807, 2.05) is 0 Å². The van der Waals surface area contributed by atoms with Gasteiger partial charge in [0.2, 0.25) is 5.91 Å². The van der Waals surface area contributed by atoms with Crippen LogP contribution in [-0.4, -0.2) is 210 Å². The number of ether oxygens (including phenoxy) is 7. The monoisotopic (exact) mass is 691 g/mol. The Morgan fingerprint density at radius 2 is 1.06 bits per heavy atom. The highest BCUT2D eigenvalue weighted by Gasteiger charge is 2.55. The van der Waals surface area contributed by atoms with Crippen LogP contribution < -0.4 is 5.32 Å². The van der Waals surface area contributed by atoms with Crippen LogP contribution in [0, 0.1) is 0 Å². The molecule has 4 fully saturated rings. The molecule has 0 aromatic heterocycles. The van der Waals surface area contributed by atoms with Crippen LogP contribution in [0.1, 0.15) is 13.8 Å². The lowest BCUT2D eigenvalue weighted by Gasteiger charge is -2.50. The quantitative estimate of drug-likeness (QED) is 0.101. The Morgan fingerprint density at radius 3 is 1.66 bits per heavy atom. The van der Waals surface area contributed by atoms with Gasteiger partial charge in [-0.25, -0.2) is 0 Å². The maximum Gasteiger partial charge on any atom is 0.217 e. The van der Waals surface area contributed by atoms with E-state index in [0.29, 0.717) is 0 Å². The molecular formula is C26H45NO20. The molecule has 0 saturated carbocycles. The lowest BCUT2D eigenvalue weighted by atomic mass is 9.94. The first-order valence-electron chi connectivity index (χ1n) is 15.0. The van der Waals surface area contributed by atoms with Gasteiger partial charge in [-0.05, 0) is 6.92 Å². The van der Waals surface area contributed by atoms with Gasteiger partial charge in [0.05, 0.1) is 25.9 Å². The summed E-state index contributed by atoms with van der Waals surface area (Å²) in [6.45, 7) is -0.130. The molecular weight excluding hydrogens is 646 g/mol. The van der Waals surface area contributed by atoms with Crippen molar-refractivity contribution in [2.75, 3.05) is 19.8 Å². The second-order valence-electron chi connectivity index (χ2n) is 11.9. The Morgan fingerprint density at radius 1 is 0.553 bits per heavy atom. The van der Waals surface area contributed by atoms with E-state index in [1.165, 1.54) is 6.92 Å². The van der Waals surface area contributed by atoms with Crippen LogP contribution in [-0.2, 0) is 38.0 Å². The van der Waals surface area contributed by atoms with Crippen LogP contribution in [0.2, 0.25) is 0 Å². The summed E-state index contributed by atoms with van der Waals surface area (Å²) in [7, 11) is 0. The molecule has 0 spiro atoms. The van der Waals surface area contributed by atoms with E-state index in [4.69, 9.17) is 33.2 Å². The zero-order chi connectivity index (χ0) is 34.9. The third-order valence-corrected chi connectivity index (χ3v) is 8.57. The van der Waals surface area contributed by atoms with Crippen LogP contribution in [0.3, 0.4) is 0 Å². The van der Waals surface area contributed by atoms with Crippen molar-refractivity contribution in [3.63, 3.8) is 0 Å². The van der Waals surface area contributed by atoms with Crippen LogP contribution in [0.5, 0.6) is 0 Å². The van der Waals surface area contributed by atoms with Crippen molar-refractivity contribution in [2.45, 2.75) is 137 Å². The molecule has 47 heavy (non-hydrogen) atoms. The summed E-state index contributed by atoms with van der Waals surface area (Å²) in [6.07, 6.45) is -32.6. The SMILES string of the molecule is CC(=O)N[C@H]1[C@H](O[C@H]2[C@@H](O)[C@@H](CO)OC(O)[C@@H]2O)O[C@H](CO)[C@@H](O)[C@@H]1O[C@@H]1O[C@H](CO)[C@H](O)[C@H](O)[C@H]1O[C@@H]1O[C@@H](C)[C@@H](O)[C@@H](O)[C@@H]1O. The first kappa shape index (κ1) is 38.5. The predicted molar refractivity (Wildman–Crippen MR) is 144 cm³/mol. The van der Waals surface area contributed by atoms with Crippen molar-refractivity contribution in [3.05, 3.63) is 0 Å². The van der Waals surface area contributed by atoms with Gasteiger partial charge in [-0.3, -0.25) is 4.79 Å². The molecule has 0 radical (unpaired) electrons. The van der Waals surface area contributed by atoms with E-state index < -0.39 is 148 Å². The summed E-state index contributed by atoms with van der Waals surface area (Å²) in [6, 6.07) is -1.59. The van der Waals surface area contributed by atoms with Crippen molar-refractivity contribution < 1.29 is 99.2 Å². The highest BCUT2D eigenvalue weighted by molar-refractivity contribution is 5.73. The molecule has 0 aliphatic carbocycles. The molecule has 4 aliphatic rings. The van der Waals surface area contributed by atoms with E-state index in [-0.39, 0.29) is 0 Å². The Bertz CT molecular complexity index is 1010. The second-order valence-corrected chi connectivity index (χ2v) is 11.9. The zero-order valence-corrected chi connectivity index (χ0v) is 25.3. The minimum Gasteiger partial charge on any atom is -0.394 e. The van der Waals surface area contributed by atoms with Crippen LogP contribution in [0.4, 0.5) is 0 Å². The number of amides is 1. The molecule has 4 rings (SSSR count).